The van der Waals surface area contributed by atoms with E-state index < -0.39 is 0 Å². The van der Waals surface area contributed by atoms with Crippen LogP contribution in [0.2, 0.25) is 0 Å². The van der Waals surface area contributed by atoms with Crippen molar-refractivity contribution in [1.29, 1.82) is 0 Å². The molecule has 1 aromatic heterocycles. The highest BCUT2D eigenvalue weighted by Crippen LogP contribution is 2.14. The lowest BCUT2D eigenvalue weighted by Crippen LogP contribution is -2.38. The number of nitrogens with zero attached hydrogens (tertiary/aromatic N) is 4. The van der Waals surface area contributed by atoms with Crippen LogP contribution in [-0.2, 0) is 13.1 Å². The van der Waals surface area contributed by atoms with Gasteiger partial charge >= 0.3 is 0 Å². The second-order valence-corrected chi connectivity index (χ2v) is 6.12. The standard InChI is InChI=1S/C19H27N5/c1-15-8-10-16(11-9-15)14-24(5)19(20-2)22-13-17-7-6-12-21-18(17)23(3)4/h6-12H,13-14H2,1-5H3,(H,20,22). The van der Waals surface area contributed by atoms with Crippen molar-refractivity contribution < 1.29 is 0 Å². The molecule has 5 nitrogen and oxygen atoms in total. The molecule has 0 fully saturated rings. The third-order valence-electron chi connectivity index (χ3n) is 3.84. The van der Waals surface area contributed by atoms with Gasteiger partial charge in [-0.25, -0.2) is 4.98 Å². The third kappa shape index (κ3) is 4.72. The quantitative estimate of drug-likeness (QED) is 0.678. The lowest BCUT2D eigenvalue weighted by Gasteiger charge is -2.23. The van der Waals surface area contributed by atoms with Gasteiger partial charge in [-0.1, -0.05) is 35.9 Å². The van der Waals surface area contributed by atoms with E-state index in [2.05, 4.69) is 57.4 Å². The molecule has 0 saturated heterocycles. The van der Waals surface area contributed by atoms with Crippen LogP contribution in [0.25, 0.3) is 0 Å². The molecule has 128 valence electrons. The van der Waals surface area contributed by atoms with Gasteiger partial charge in [0.1, 0.15) is 5.82 Å². The Hall–Kier alpha value is -2.56. The minimum atomic E-state index is 0.687. The van der Waals surface area contributed by atoms with Gasteiger partial charge in [0.15, 0.2) is 5.96 Å². The topological polar surface area (TPSA) is 43.8 Å². The summed E-state index contributed by atoms with van der Waals surface area (Å²) in [6.45, 7) is 3.60. The van der Waals surface area contributed by atoms with Gasteiger partial charge in [-0.05, 0) is 18.6 Å². The maximum absolute atomic E-state index is 4.44. The highest BCUT2D eigenvalue weighted by atomic mass is 15.3. The van der Waals surface area contributed by atoms with Crippen molar-refractivity contribution >= 4 is 11.8 Å². The van der Waals surface area contributed by atoms with Gasteiger partial charge in [0.05, 0.1) is 0 Å². The number of aryl methyl sites for hydroxylation is 1. The van der Waals surface area contributed by atoms with E-state index in [4.69, 9.17) is 0 Å². The molecule has 0 spiro atoms. The van der Waals surface area contributed by atoms with Gasteiger partial charge in [0.2, 0.25) is 0 Å². The normalized spacial score (nSPS) is 11.3. The number of hydrogen-bond donors (Lipinski definition) is 1. The Morgan fingerprint density at radius 3 is 2.46 bits per heavy atom. The highest BCUT2D eigenvalue weighted by molar-refractivity contribution is 5.79. The minimum absolute atomic E-state index is 0.687. The van der Waals surface area contributed by atoms with Gasteiger partial charge in [-0.2, -0.15) is 0 Å². The van der Waals surface area contributed by atoms with Crippen molar-refractivity contribution in [2.75, 3.05) is 33.1 Å². The number of aliphatic imine (C=N–C) groups is 1. The Labute approximate surface area is 145 Å². The first-order valence-electron chi connectivity index (χ1n) is 8.10. The van der Waals surface area contributed by atoms with Crippen molar-refractivity contribution in [3.8, 4) is 0 Å². The fourth-order valence-electron chi connectivity index (χ4n) is 2.57. The molecule has 0 radical (unpaired) electrons. The SMILES string of the molecule is CN=C(NCc1cccnc1N(C)C)N(C)Cc1ccc(C)cc1. The first-order chi connectivity index (χ1) is 11.5. The van der Waals surface area contributed by atoms with E-state index in [0.717, 1.165) is 23.9 Å². The van der Waals surface area contributed by atoms with Gasteiger partial charge in [-0.3, -0.25) is 4.99 Å². The van der Waals surface area contributed by atoms with Crippen molar-refractivity contribution in [2.24, 2.45) is 4.99 Å². The van der Waals surface area contributed by atoms with Crippen LogP contribution < -0.4 is 10.2 Å². The molecule has 2 rings (SSSR count). The number of benzene rings is 1. The van der Waals surface area contributed by atoms with Gasteiger partial charge < -0.3 is 15.1 Å². The van der Waals surface area contributed by atoms with Crippen LogP contribution in [0.1, 0.15) is 16.7 Å². The number of guanidine groups is 1. The summed E-state index contributed by atoms with van der Waals surface area (Å²) in [5.74, 6) is 1.84. The summed E-state index contributed by atoms with van der Waals surface area (Å²) in [6, 6.07) is 12.6. The molecule has 0 aliphatic rings. The van der Waals surface area contributed by atoms with Crippen molar-refractivity contribution in [1.82, 2.24) is 15.2 Å². The summed E-state index contributed by atoms with van der Waals surface area (Å²) < 4.78 is 0. The predicted molar refractivity (Wildman–Crippen MR) is 101 cm³/mol. The zero-order valence-electron chi connectivity index (χ0n) is 15.2. The lowest BCUT2D eigenvalue weighted by molar-refractivity contribution is 0.476. The molecular weight excluding hydrogens is 298 g/mol. The Morgan fingerprint density at radius 2 is 1.83 bits per heavy atom. The van der Waals surface area contributed by atoms with Crippen LogP contribution in [0, 0.1) is 6.92 Å². The average molecular weight is 325 g/mol. The number of pyridine rings is 1. The number of hydrogen-bond acceptors (Lipinski definition) is 3. The first kappa shape index (κ1) is 17.8. The maximum atomic E-state index is 4.44. The number of anilines is 1. The maximum Gasteiger partial charge on any atom is 0.193 e. The summed E-state index contributed by atoms with van der Waals surface area (Å²) in [5.41, 5.74) is 3.69. The van der Waals surface area contributed by atoms with Crippen LogP contribution in [0.4, 0.5) is 5.82 Å². The summed E-state index contributed by atoms with van der Waals surface area (Å²) in [5, 5.41) is 3.42. The summed E-state index contributed by atoms with van der Waals surface area (Å²) in [4.78, 5) is 13.0. The van der Waals surface area contributed by atoms with Crippen molar-refractivity contribution in [2.45, 2.75) is 20.0 Å². The molecule has 1 N–H and O–H groups in total. The van der Waals surface area contributed by atoms with Crippen LogP contribution in [0.5, 0.6) is 0 Å². The molecule has 0 aliphatic heterocycles. The largest absolute Gasteiger partial charge is 0.362 e. The van der Waals surface area contributed by atoms with Crippen LogP contribution in [0.3, 0.4) is 0 Å². The molecule has 24 heavy (non-hydrogen) atoms. The first-order valence-corrected chi connectivity index (χ1v) is 8.10. The number of aromatic nitrogens is 1. The second kappa shape index (κ2) is 8.34. The molecule has 5 heteroatoms. The number of nitrogens with one attached hydrogen (secondary N) is 1. The molecule has 0 saturated carbocycles. The van der Waals surface area contributed by atoms with Crippen LogP contribution in [-0.4, -0.2) is 44.0 Å². The summed E-state index contributed by atoms with van der Waals surface area (Å²) in [6.07, 6.45) is 1.82. The predicted octanol–water partition coefficient (Wildman–Crippen LogP) is 2.66. The average Bonchev–Trinajstić information content (AvgIpc) is 2.57. The molecule has 1 aromatic carbocycles. The second-order valence-electron chi connectivity index (χ2n) is 6.12. The summed E-state index contributed by atoms with van der Waals surface area (Å²) >= 11 is 0. The zero-order valence-corrected chi connectivity index (χ0v) is 15.2. The molecule has 0 atom stereocenters. The minimum Gasteiger partial charge on any atom is -0.362 e. The van der Waals surface area contributed by atoms with Gasteiger partial charge in [-0.15, -0.1) is 0 Å². The molecule has 2 aromatic rings. The van der Waals surface area contributed by atoms with Gasteiger partial charge in [0, 0.05) is 53.0 Å². The molecule has 0 bridgehead atoms. The van der Waals surface area contributed by atoms with Crippen molar-refractivity contribution in [3.63, 3.8) is 0 Å². The van der Waals surface area contributed by atoms with E-state index in [1.807, 2.05) is 45.4 Å². The van der Waals surface area contributed by atoms with Gasteiger partial charge in [0.25, 0.3) is 0 Å². The lowest BCUT2D eigenvalue weighted by atomic mass is 10.1. The third-order valence-corrected chi connectivity index (χ3v) is 3.84. The van der Waals surface area contributed by atoms with E-state index in [1.165, 1.54) is 11.1 Å². The fourth-order valence-corrected chi connectivity index (χ4v) is 2.57. The Balaban J connectivity index is 2.01. The number of rotatable bonds is 5. The smallest absolute Gasteiger partial charge is 0.193 e. The molecular formula is C19H27N5. The Kier molecular flexibility index (Phi) is 6.18. The molecule has 0 amide bonds. The Morgan fingerprint density at radius 1 is 1.12 bits per heavy atom. The monoisotopic (exact) mass is 325 g/mol. The zero-order chi connectivity index (χ0) is 17.5. The van der Waals surface area contributed by atoms with Crippen molar-refractivity contribution in [3.05, 3.63) is 59.3 Å². The Bertz CT molecular complexity index is 676. The molecule has 0 aliphatic carbocycles. The van der Waals surface area contributed by atoms with Crippen LogP contribution >= 0.6 is 0 Å². The molecule has 1 heterocycles. The van der Waals surface area contributed by atoms with E-state index in [-0.39, 0.29) is 0 Å². The summed E-state index contributed by atoms with van der Waals surface area (Å²) in [7, 11) is 7.86. The highest BCUT2D eigenvalue weighted by Gasteiger charge is 2.09. The molecule has 0 unspecified atom stereocenters. The van der Waals surface area contributed by atoms with E-state index >= 15 is 0 Å². The van der Waals surface area contributed by atoms with E-state index in [9.17, 15) is 0 Å². The van der Waals surface area contributed by atoms with E-state index in [0.29, 0.717) is 6.54 Å². The fraction of sp³-hybridized carbons (Fsp3) is 0.368. The van der Waals surface area contributed by atoms with E-state index in [1.54, 1.807) is 0 Å². The van der Waals surface area contributed by atoms with Crippen LogP contribution in [0.15, 0.2) is 47.6 Å².